The van der Waals surface area contributed by atoms with Crippen LogP contribution in [0.25, 0.3) is 11.3 Å². The van der Waals surface area contributed by atoms with Crippen molar-refractivity contribution in [3.63, 3.8) is 0 Å². The molecule has 3 rings (SSSR count). The Hall–Kier alpha value is -1.68. The van der Waals surface area contributed by atoms with Gasteiger partial charge in [0.15, 0.2) is 0 Å². The molecule has 0 radical (unpaired) electrons. The summed E-state index contributed by atoms with van der Waals surface area (Å²) >= 11 is 0. The summed E-state index contributed by atoms with van der Waals surface area (Å²) in [6, 6.07) is 10.9. The van der Waals surface area contributed by atoms with E-state index in [0.717, 1.165) is 29.4 Å². The van der Waals surface area contributed by atoms with Gasteiger partial charge < -0.3 is 5.32 Å². The molecular weight excluding hydrogens is 260 g/mol. The highest BCUT2D eigenvalue weighted by molar-refractivity contribution is 5.60. The SMILES string of the molecule is CCC1CCC(NCc2n[nH]nc2-c2ccccc2)CC1. The van der Waals surface area contributed by atoms with Crippen LogP contribution in [-0.4, -0.2) is 21.5 Å². The highest BCUT2D eigenvalue weighted by Gasteiger charge is 2.20. The molecular formula is C17H24N4. The Balaban J connectivity index is 1.58. The van der Waals surface area contributed by atoms with Gasteiger partial charge in [0.1, 0.15) is 11.4 Å². The fourth-order valence-electron chi connectivity index (χ4n) is 3.22. The Bertz CT molecular complexity index is 541. The van der Waals surface area contributed by atoms with Crippen LogP contribution in [0.4, 0.5) is 0 Å². The third-order valence-corrected chi connectivity index (χ3v) is 4.65. The van der Waals surface area contributed by atoms with E-state index in [4.69, 9.17) is 0 Å². The maximum Gasteiger partial charge on any atom is 0.117 e. The number of nitrogens with zero attached hydrogens (tertiary/aromatic N) is 2. The van der Waals surface area contributed by atoms with Crippen molar-refractivity contribution in [2.75, 3.05) is 0 Å². The van der Waals surface area contributed by atoms with Crippen molar-refractivity contribution in [1.29, 1.82) is 0 Å². The van der Waals surface area contributed by atoms with Gasteiger partial charge in [-0.2, -0.15) is 15.4 Å². The summed E-state index contributed by atoms with van der Waals surface area (Å²) in [4.78, 5) is 0. The molecule has 2 N–H and O–H groups in total. The second-order valence-electron chi connectivity index (χ2n) is 5.99. The highest BCUT2D eigenvalue weighted by Crippen LogP contribution is 2.27. The summed E-state index contributed by atoms with van der Waals surface area (Å²) < 4.78 is 0. The topological polar surface area (TPSA) is 53.6 Å². The number of H-pyrrole nitrogens is 1. The molecule has 112 valence electrons. The molecule has 0 unspecified atom stereocenters. The first kappa shape index (κ1) is 14.3. The Labute approximate surface area is 126 Å². The van der Waals surface area contributed by atoms with Crippen molar-refractivity contribution in [1.82, 2.24) is 20.7 Å². The van der Waals surface area contributed by atoms with E-state index < -0.39 is 0 Å². The van der Waals surface area contributed by atoms with Crippen LogP contribution < -0.4 is 5.32 Å². The van der Waals surface area contributed by atoms with Crippen molar-refractivity contribution < 1.29 is 0 Å². The predicted molar refractivity (Wildman–Crippen MR) is 84.7 cm³/mol. The quantitative estimate of drug-likeness (QED) is 0.883. The average Bonchev–Trinajstić information content (AvgIpc) is 3.03. The number of nitrogens with one attached hydrogen (secondary N) is 2. The van der Waals surface area contributed by atoms with Gasteiger partial charge in [-0.1, -0.05) is 43.7 Å². The monoisotopic (exact) mass is 284 g/mol. The van der Waals surface area contributed by atoms with Crippen LogP contribution in [0.15, 0.2) is 30.3 Å². The summed E-state index contributed by atoms with van der Waals surface area (Å²) in [6.07, 6.45) is 6.62. The smallest absolute Gasteiger partial charge is 0.117 e. The van der Waals surface area contributed by atoms with Crippen molar-refractivity contribution >= 4 is 0 Å². The fourth-order valence-corrected chi connectivity index (χ4v) is 3.22. The lowest BCUT2D eigenvalue weighted by molar-refractivity contribution is 0.284. The molecule has 0 bridgehead atoms. The van der Waals surface area contributed by atoms with Gasteiger partial charge in [0, 0.05) is 18.2 Å². The van der Waals surface area contributed by atoms with E-state index in [1.165, 1.54) is 32.1 Å². The van der Waals surface area contributed by atoms with Crippen LogP contribution in [0.5, 0.6) is 0 Å². The zero-order valence-corrected chi connectivity index (χ0v) is 12.7. The molecule has 0 amide bonds. The largest absolute Gasteiger partial charge is 0.308 e. The third kappa shape index (κ3) is 3.50. The lowest BCUT2D eigenvalue weighted by Crippen LogP contribution is -2.32. The molecule has 21 heavy (non-hydrogen) atoms. The van der Waals surface area contributed by atoms with Crippen LogP contribution >= 0.6 is 0 Å². The van der Waals surface area contributed by atoms with E-state index >= 15 is 0 Å². The van der Waals surface area contributed by atoms with Gasteiger partial charge in [0.2, 0.25) is 0 Å². The number of hydrogen-bond acceptors (Lipinski definition) is 3. The Kier molecular flexibility index (Phi) is 4.65. The summed E-state index contributed by atoms with van der Waals surface area (Å²) in [5, 5.41) is 15.0. The maximum absolute atomic E-state index is 4.31. The molecule has 1 aliphatic rings. The average molecular weight is 284 g/mol. The normalized spacial score (nSPS) is 22.3. The number of benzene rings is 1. The molecule has 4 heteroatoms. The van der Waals surface area contributed by atoms with E-state index in [1.807, 2.05) is 18.2 Å². The van der Waals surface area contributed by atoms with Crippen LogP contribution in [0.3, 0.4) is 0 Å². The van der Waals surface area contributed by atoms with Crippen LogP contribution in [0.1, 0.15) is 44.7 Å². The molecule has 0 saturated heterocycles. The third-order valence-electron chi connectivity index (χ3n) is 4.65. The molecule has 1 saturated carbocycles. The zero-order chi connectivity index (χ0) is 14.5. The molecule has 0 spiro atoms. The second kappa shape index (κ2) is 6.85. The number of aromatic amines is 1. The van der Waals surface area contributed by atoms with Gasteiger partial charge in [0.05, 0.1) is 0 Å². The van der Waals surface area contributed by atoms with E-state index in [9.17, 15) is 0 Å². The van der Waals surface area contributed by atoms with Gasteiger partial charge in [-0.3, -0.25) is 0 Å². The van der Waals surface area contributed by atoms with E-state index in [-0.39, 0.29) is 0 Å². The van der Waals surface area contributed by atoms with Gasteiger partial charge in [-0.05, 0) is 31.6 Å². The van der Waals surface area contributed by atoms with Crippen molar-refractivity contribution in [3.8, 4) is 11.3 Å². The van der Waals surface area contributed by atoms with E-state index in [1.54, 1.807) is 0 Å². The van der Waals surface area contributed by atoms with E-state index in [0.29, 0.717) is 6.04 Å². The van der Waals surface area contributed by atoms with Gasteiger partial charge in [-0.15, -0.1) is 0 Å². The van der Waals surface area contributed by atoms with Crippen molar-refractivity contribution in [2.45, 2.75) is 51.6 Å². The summed E-state index contributed by atoms with van der Waals surface area (Å²) in [6.45, 7) is 3.10. The lowest BCUT2D eigenvalue weighted by Gasteiger charge is -2.28. The first-order chi connectivity index (χ1) is 10.4. The molecule has 1 aromatic heterocycles. The number of aromatic nitrogens is 3. The molecule has 0 atom stereocenters. The molecule has 1 aliphatic carbocycles. The highest BCUT2D eigenvalue weighted by atomic mass is 15.3. The Morgan fingerprint density at radius 1 is 1.10 bits per heavy atom. The molecule has 4 nitrogen and oxygen atoms in total. The summed E-state index contributed by atoms with van der Waals surface area (Å²) in [5.74, 6) is 0.940. The fraction of sp³-hybridized carbons (Fsp3) is 0.529. The molecule has 2 aromatic rings. The molecule has 1 aromatic carbocycles. The molecule has 1 heterocycles. The van der Waals surface area contributed by atoms with Crippen LogP contribution in [0, 0.1) is 5.92 Å². The van der Waals surface area contributed by atoms with Crippen LogP contribution in [0.2, 0.25) is 0 Å². The molecule has 0 aliphatic heterocycles. The summed E-state index contributed by atoms with van der Waals surface area (Å²) in [5.41, 5.74) is 3.10. The number of rotatable bonds is 5. The van der Waals surface area contributed by atoms with Crippen molar-refractivity contribution in [3.05, 3.63) is 36.0 Å². The van der Waals surface area contributed by atoms with Gasteiger partial charge >= 0.3 is 0 Å². The Morgan fingerprint density at radius 3 is 2.57 bits per heavy atom. The van der Waals surface area contributed by atoms with Crippen molar-refractivity contribution in [2.24, 2.45) is 5.92 Å². The van der Waals surface area contributed by atoms with E-state index in [2.05, 4.69) is 39.8 Å². The Morgan fingerprint density at radius 2 is 1.86 bits per heavy atom. The van der Waals surface area contributed by atoms with Gasteiger partial charge in [0.25, 0.3) is 0 Å². The van der Waals surface area contributed by atoms with Gasteiger partial charge in [-0.25, -0.2) is 0 Å². The van der Waals surface area contributed by atoms with Crippen LogP contribution in [-0.2, 0) is 6.54 Å². The first-order valence-corrected chi connectivity index (χ1v) is 8.05. The number of hydrogen-bond donors (Lipinski definition) is 2. The maximum atomic E-state index is 4.31. The first-order valence-electron chi connectivity index (χ1n) is 8.05. The predicted octanol–water partition coefficient (Wildman–Crippen LogP) is 3.53. The minimum Gasteiger partial charge on any atom is -0.308 e. The standard InChI is InChI=1S/C17H24N4/c1-2-13-8-10-15(11-9-13)18-12-16-17(20-21-19-16)14-6-4-3-5-7-14/h3-7,13,15,18H,2,8-12H2,1H3,(H,19,20,21). The minimum atomic E-state index is 0.633. The zero-order valence-electron chi connectivity index (χ0n) is 12.7. The lowest BCUT2D eigenvalue weighted by atomic mass is 9.84. The molecule has 1 fully saturated rings. The minimum absolute atomic E-state index is 0.633. The summed E-state index contributed by atoms with van der Waals surface area (Å²) in [7, 11) is 0. The second-order valence-corrected chi connectivity index (χ2v) is 5.99.